The van der Waals surface area contributed by atoms with Crippen LogP contribution in [-0.2, 0) is 6.18 Å². The van der Waals surface area contributed by atoms with Crippen LogP contribution in [0, 0.1) is 11.8 Å². The number of nitrogens with two attached hydrogens (primary N) is 1. The Morgan fingerprint density at radius 3 is 2.45 bits per heavy atom. The molecule has 12 heteroatoms. The number of nitrogens with zero attached hydrogens (tertiary/aromatic N) is 5. The van der Waals surface area contributed by atoms with Crippen LogP contribution in [0.25, 0.3) is 11.0 Å². The summed E-state index contributed by atoms with van der Waals surface area (Å²) in [4.78, 5) is 23.6. The van der Waals surface area contributed by atoms with Crippen molar-refractivity contribution in [3.8, 4) is 11.8 Å². The number of anilines is 3. The molecule has 2 aromatic carbocycles. The lowest BCUT2D eigenvalue weighted by atomic mass is 10.0. The monoisotopic (exact) mass is 574 g/mol. The Morgan fingerprint density at radius 1 is 1.00 bits per heavy atom. The Balaban J connectivity index is 1.28. The van der Waals surface area contributed by atoms with Gasteiger partial charge in [0.15, 0.2) is 5.65 Å². The summed E-state index contributed by atoms with van der Waals surface area (Å²) >= 11 is 0. The van der Waals surface area contributed by atoms with E-state index in [1.165, 1.54) is 18.5 Å². The Labute approximate surface area is 240 Å². The maximum absolute atomic E-state index is 13.1. The van der Waals surface area contributed by atoms with E-state index in [9.17, 15) is 18.0 Å². The van der Waals surface area contributed by atoms with E-state index in [-0.39, 0.29) is 11.7 Å². The van der Waals surface area contributed by atoms with Gasteiger partial charge in [-0.2, -0.15) is 18.3 Å². The highest BCUT2D eigenvalue weighted by Gasteiger charge is 2.31. The number of aromatic nitrogens is 4. The summed E-state index contributed by atoms with van der Waals surface area (Å²) in [5, 5.41) is 10.6. The standard InChI is InChI=1S/C30H29F3N8O/c1-40-13-11-23(12-14-40)41-28-26(27(34)35-17-36-28)25(39-41)10-7-19-15-22(8-9-24(19)18-5-6-18)38-29(42)37-21-4-2-3-20(16-21)30(31,32)33/h2-4,8-9,15-18,23H,5-6,11-14H2,1H3,(H2,34,35,36)(H2,37,38,42). The number of hydrogen-bond donors (Lipinski definition) is 3. The fourth-order valence-electron chi connectivity index (χ4n) is 5.26. The third-order valence-electron chi connectivity index (χ3n) is 7.64. The Hall–Kier alpha value is -4.63. The van der Waals surface area contributed by atoms with Crippen molar-refractivity contribution in [2.75, 3.05) is 36.5 Å². The molecule has 2 fully saturated rings. The average Bonchev–Trinajstić information content (AvgIpc) is 3.73. The molecule has 0 spiro atoms. The molecule has 2 aliphatic rings. The van der Waals surface area contributed by atoms with Gasteiger partial charge in [-0.3, -0.25) is 0 Å². The second kappa shape index (κ2) is 11.0. The Bertz CT molecular complexity index is 1710. The van der Waals surface area contributed by atoms with Crippen LogP contribution in [0.1, 0.15) is 60.0 Å². The number of piperidine rings is 1. The molecule has 1 saturated heterocycles. The van der Waals surface area contributed by atoms with Gasteiger partial charge >= 0.3 is 12.2 Å². The number of halogens is 3. The van der Waals surface area contributed by atoms with Gasteiger partial charge in [0, 0.05) is 16.9 Å². The molecule has 0 bridgehead atoms. The first kappa shape index (κ1) is 27.5. The van der Waals surface area contributed by atoms with E-state index in [1.807, 2.05) is 10.7 Å². The smallest absolute Gasteiger partial charge is 0.383 e. The van der Waals surface area contributed by atoms with Crippen molar-refractivity contribution in [3.05, 3.63) is 71.2 Å². The predicted octanol–water partition coefficient (Wildman–Crippen LogP) is 5.62. The van der Waals surface area contributed by atoms with Crippen molar-refractivity contribution in [1.82, 2.24) is 24.6 Å². The van der Waals surface area contributed by atoms with Gasteiger partial charge in [-0.1, -0.05) is 18.1 Å². The molecule has 9 nitrogen and oxygen atoms in total. The Kier molecular flexibility index (Phi) is 7.20. The number of nitrogens with one attached hydrogen (secondary N) is 2. The molecule has 2 amide bonds. The lowest BCUT2D eigenvalue weighted by molar-refractivity contribution is -0.137. The number of alkyl halides is 3. The van der Waals surface area contributed by atoms with Crippen LogP contribution in [0.4, 0.5) is 35.2 Å². The van der Waals surface area contributed by atoms with Crippen molar-refractivity contribution < 1.29 is 18.0 Å². The molecule has 1 aliphatic heterocycles. The summed E-state index contributed by atoms with van der Waals surface area (Å²) in [6.07, 6.45) is 0.897. The van der Waals surface area contributed by atoms with Gasteiger partial charge in [-0.15, -0.1) is 0 Å². The van der Waals surface area contributed by atoms with E-state index in [0.29, 0.717) is 34.2 Å². The van der Waals surface area contributed by atoms with Crippen molar-refractivity contribution >= 4 is 34.3 Å². The van der Waals surface area contributed by atoms with Crippen LogP contribution in [0.3, 0.4) is 0 Å². The number of carbonyl (C=O) groups is 1. The number of fused-ring (bicyclic) bond motifs is 1. The van der Waals surface area contributed by atoms with Crippen molar-refractivity contribution in [1.29, 1.82) is 0 Å². The number of rotatable bonds is 4. The normalized spacial score (nSPS) is 16.2. The predicted molar refractivity (Wildman–Crippen MR) is 154 cm³/mol. The lowest BCUT2D eigenvalue weighted by Gasteiger charge is -2.29. The molecule has 4 aromatic rings. The van der Waals surface area contributed by atoms with Gasteiger partial charge in [-0.05, 0) is 93.6 Å². The molecule has 42 heavy (non-hydrogen) atoms. The molecule has 3 heterocycles. The zero-order valence-electron chi connectivity index (χ0n) is 22.9. The summed E-state index contributed by atoms with van der Waals surface area (Å²) < 4.78 is 41.1. The molecule has 2 aromatic heterocycles. The third-order valence-corrected chi connectivity index (χ3v) is 7.64. The van der Waals surface area contributed by atoms with Crippen LogP contribution in [0.5, 0.6) is 0 Å². The van der Waals surface area contributed by atoms with Crippen LogP contribution < -0.4 is 16.4 Å². The summed E-state index contributed by atoms with van der Waals surface area (Å²) in [6, 6.07) is 9.44. The minimum atomic E-state index is -4.51. The summed E-state index contributed by atoms with van der Waals surface area (Å²) in [6.45, 7) is 1.92. The molecule has 216 valence electrons. The number of likely N-dealkylation sites (tertiary alicyclic amines) is 1. The zero-order valence-corrected chi connectivity index (χ0v) is 22.9. The molecule has 4 N–H and O–H groups in total. The fraction of sp³-hybridized carbons (Fsp3) is 0.333. The SMILES string of the molecule is CN1CCC(n2nc(C#Cc3cc(NC(=O)Nc4cccc(C(F)(F)F)c4)ccc3C3CC3)c3c(N)ncnc32)CC1. The van der Waals surface area contributed by atoms with Crippen molar-refractivity contribution in [2.24, 2.45) is 0 Å². The first-order chi connectivity index (χ1) is 20.2. The summed E-state index contributed by atoms with van der Waals surface area (Å²) in [5.41, 5.74) is 8.84. The summed E-state index contributed by atoms with van der Waals surface area (Å²) in [5.74, 6) is 7.12. The molecule has 1 saturated carbocycles. The molecule has 6 rings (SSSR count). The van der Waals surface area contributed by atoms with Gasteiger partial charge in [0.2, 0.25) is 0 Å². The average molecular weight is 575 g/mol. The lowest BCUT2D eigenvalue weighted by Crippen LogP contribution is -2.32. The van der Waals surface area contributed by atoms with E-state index in [4.69, 9.17) is 10.8 Å². The second-order valence-corrected chi connectivity index (χ2v) is 10.8. The first-order valence-corrected chi connectivity index (χ1v) is 13.7. The second-order valence-electron chi connectivity index (χ2n) is 10.8. The minimum absolute atomic E-state index is 0.0313. The number of carbonyl (C=O) groups excluding carboxylic acids is 1. The van der Waals surface area contributed by atoms with E-state index < -0.39 is 17.8 Å². The number of hydrogen-bond acceptors (Lipinski definition) is 6. The number of benzene rings is 2. The highest BCUT2D eigenvalue weighted by molar-refractivity contribution is 6.00. The van der Waals surface area contributed by atoms with Crippen LogP contribution in [0.2, 0.25) is 0 Å². The van der Waals surface area contributed by atoms with Crippen LogP contribution in [0.15, 0.2) is 48.8 Å². The molecular formula is C30H29F3N8O. The van der Waals surface area contributed by atoms with Crippen molar-refractivity contribution in [2.45, 2.75) is 43.8 Å². The maximum Gasteiger partial charge on any atom is 0.416 e. The maximum atomic E-state index is 13.1. The van der Waals surface area contributed by atoms with Crippen molar-refractivity contribution in [3.63, 3.8) is 0 Å². The highest BCUT2D eigenvalue weighted by Crippen LogP contribution is 2.42. The van der Waals surface area contributed by atoms with Gasteiger partial charge < -0.3 is 21.3 Å². The minimum Gasteiger partial charge on any atom is -0.383 e. The first-order valence-electron chi connectivity index (χ1n) is 13.7. The number of nitrogen functional groups attached to an aromatic ring is 1. The fourth-order valence-corrected chi connectivity index (χ4v) is 5.26. The topological polar surface area (TPSA) is 114 Å². The van der Waals surface area contributed by atoms with E-state index in [2.05, 4.69) is 44.4 Å². The molecule has 0 unspecified atom stereocenters. The zero-order chi connectivity index (χ0) is 29.4. The highest BCUT2D eigenvalue weighted by atomic mass is 19.4. The number of amides is 2. The quantitative estimate of drug-likeness (QED) is 0.273. The van der Waals surface area contributed by atoms with E-state index in [0.717, 1.165) is 62.0 Å². The van der Waals surface area contributed by atoms with Gasteiger partial charge in [-0.25, -0.2) is 19.4 Å². The van der Waals surface area contributed by atoms with Gasteiger partial charge in [0.25, 0.3) is 0 Å². The van der Waals surface area contributed by atoms with Crippen LogP contribution >= 0.6 is 0 Å². The van der Waals surface area contributed by atoms with Gasteiger partial charge in [0.05, 0.1) is 17.0 Å². The summed E-state index contributed by atoms with van der Waals surface area (Å²) in [7, 11) is 2.10. The molecule has 1 aliphatic carbocycles. The Morgan fingerprint density at radius 2 is 1.74 bits per heavy atom. The molecule has 0 radical (unpaired) electrons. The van der Waals surface area contributed by atoms with Gasteiger partial charge in [0.1, 0.15) is 17.8 Å². The van der Waals surface area contributed by atoms with E-state index in [1.54, 1.807) is 12.1 Å². The largest absolute Gasteiger partial charge is 0.416 e. The van der Waals surface area contributed by atoms with Crippen LogP contribution in [-0.4, -0.2) is 50.8 Å². The molecule has 0 atom stereocenters. The number of urea groups is 1. The third kappa shape index (κ3) is 5.87. The molecular weight excluding hydrogens is 545 g/mol. The van der Waals surface area contributed by atoms with E-state index >= 15 is 0 Å².